The molecule has 0 bridgehead atoms. The third kappa shape index (κ3) is 4.34. The van der Waals surface area contributed by atoms with E-state index in [4.69, 9.17) is 0 Å². The lowest BCUT2D eigenvalue weighted by atomic mass is 10.1. The van der Waals surface area contributed by atoms with Crippen molar-refractivity contribution in [1.82, 2.24) is 15.0 Å². The van der Waals surface area contributed by atoms with Crippen molar-refractivity contribution in [2.45, 2.75) is 13.8 Å². The summed E-state index contributed by atoms with van der Waals surface area (Å²) in [5, 5.41) is 2.98. The van der Waals surface area contributed by atoms with Crippen molar-refractivity contribution in [2.24, 2.45) is 0 Å². The average molecular weight is 388 g/mol. The maximum Gasteiger partial charge on any atom is 0.274 e. The fraction of sp³-hybridized carbons (Fsp3) is 0.273. The summed E-state index contributed by atoms with van der Waals surface area (Å²) in [5.41, 5.74) is 4.36. The first-order valence-electron chi connectivity index (χ1n) is 9.72. The lowest BCUT2D eigenvalue weighted by molar-refractivity contribution is 0.102. The van der Waals surface area contributed by atoms with Crippen molar-refractivity contribution in [3.05, 3.63) is 71.8 Å². The highest BCUT2D eigenvalue weighted by Gasteiger charge is 2.20. The fourth-order valence-corrected chi connectivity index (χ4v) is 3.42. The van der Waals surface area contributed by atoms with Gasteiger partial charge in [0, 0.05) is 56.1 Å². The van der Waals surface area contributed by atoms with Gasteiger partial charge in [0.2, 0.25) is 5.95 Å². The van der Waals surface area contributed by atoms with Crippen LogP contribution >= 0.6 is 0 Å². The Morgan fingerprint density at radius 3 is 2.38 bits per heavy atom. The minimum atomic E-state index is -0.197. The second kappa shape index (κ2) is 8.26. The number of nitrogens with one attached hydrogen (secondary N) is 1. The second-order valence-electron chi connectivity index (χ2n) is 7.19. The normalized spacial score (nSPS) is 14.0. The zero-order valence-corrected chi connectivity index (χ0v) is 16.7. The van der Waals surface area contributed by atoms with E-state index in [0.717, 1.165) is 54.6 Å². The van der Waals surface area contributed by atoms with Crippen LogP contribution in [0.25, 0.3) is 0 Å². The molecule has 1 amide bonds. The SMILES string of the molecule is Cc1ccc(C)c(NC(=O)c2cc(N3CCN(c4ncccn4)CC3)ccn2)c1. The summed E-state index contributed by atoms with van der Waals surface area (Å²) in [4.78, 5) is 30.1. The van der Waals surface area contributed by atoms with Gasteiger partial charge in [-0.1, -0.05) is 12.1 Å². The van der Waals surface area contributed by atoms with Gasteiger partial charge in [-0.25, -0.2) is 9.97 Å². The maximum absolute atomic E-state index is 12.7. The van der Waals surface area contributed by atoms with Crippen LogP contribution in [0.4, 0.5) is 17.3 Å². The minimum absolute atomic E-state index is 0.197. The molecular weight excluding hydrogens is 364 g/mol. The number of carbonyl (C=O) groups excluding carboxylic acids is 1. The number of aryl methyl sites for hydroxylation is 2. The first-order valence-corrected chi connectivity index (χ1v) is 9.72. The topological polar surface area (TPSA) is 74.2 Å². The summed E-state index contributed by atoms with van der Waals surface area (Å²) >= 11 is 0. The monoisotopic (exact) mass is 388 g/mol. The second-order valence-corrected chi connectivity index (χ2v) is 7.19. The Balaban J connectivity index is 1.44. The number of pyridine rings is 1. The van der Waals surface area contributed by atoms with Crippen molar-refractivity contribution in [1.29, 1.82) is 0 Å². The molecule has 29 heavy (non-hydrogen) atoms. The molecule has 1 N–H and O–H groups in total. The fourth-order valence-electron chi connectivity index (χ4n) is 3.42. The van der Waals surface area contributed by atoms with Crippen LogP contribution in [0.15, 0.2) is 55.0 Å². The van der Waals surface area contributed by atoms with Gasteiger partial charge in [0.15, 0.2) is 0 Å². The molecule has 1 aliphatic rings. The summed E-state index contributed by atoms with van der Waals surface area (Å²) < 4.78 is 0. The number of amides is 1. The van der Waals surface area contributed by atoms with Gasteiger partial charge in [0.05, 0.1) is 0 Å². The molecule has 0 atom stereocenters. The van der Waals surface area contributed by atoms with Crippen LogP contribution in [0.1, 0.15) is 21.6 Å². The van der Waals surface area contributed by atoms with Crippen LogP contribution < -0.4 is 15.1 Å². The molecule has 1 saturated heterocycles. The summed E-state index contributed by atoms with van der Waals surface area (Å²) in [7, 11) is 0. The summed E-state index contributed by atoms with van der Waals surface area (Å²) in [5.74, 6) is 0.562. The molecule has 1 fully saturated rings. The summed E-state index contributed by atoms with van der Waals surface area (Å²) in [6.07, 6.45) is 5.22. The molecule has 7 nitrogen and oxygen atoms in total. The van der Waals surface area contributed by atoms with Gasteiger partial charge in [-0.05, 0) is 49.2 Å². The molecule has 148 valence electrons. The number of hydrogen-bond donors (Lipinski definition) is 1. The molecule has 1 aromatic carbocycles. The van der Waals surface area contributed by atoms with Crippen molar-refractivity contribution in [2.75, 3.05) is 41.3 Å². The van der Waals surface area contributed by atoms with Crippen LogP contribution in [0.3, 0.4) is 0 Å². The highest BCUT2D eigenvalue weighted by Crippen LogP contribution is 2.21. The Morgan fingerprint density at radius 2 is 1.62 bits per heavy atom. The van der Waals surface area contributed by atoms with E-state index in [9.17, 15) is 4.79 Å². The van der Waals surface area contributed by atoms with E-state index in [1.165, 1.54) is 0 Å². The standard InChI is InChI=1S/C22H24N6O/c1-16-4-5-17(2)19(14-16)26-21(29)20-15-18(6-9-23-20)27-10-12-28(13-11-27)22-24-7-3-8-25-22/h3-9,14-15H,10-13H2,1-2H3,(H,26,29). The lowest BCUT2D eigenvalue weighted by Gasteiger charge is -2.36. The third-order valence-electron chi connectivity index (χ3n) is 5.10. The van der Waals surface area contributed by atoms with Crippen molar-refractivity contribution in [3.63, 3.8) is 0 Å². The maximum atomic E-state index is 12.7. The first kappa shape index (κ1) is 18.9. The van der Waals surface area contributed by atoms with Gasteiger partial charge in [-0.3, -0.25) is 9.78 Å². The number of rotatable bonds is 4. The highest BCUT2D eigenvalue weighted by molar-refractivity contribution is 6.03. The molecular formula is C22H24N6O. The smallest absolute Gasteiger partial charge is 0.274 e. The molecule has 7 heteroatoms. The largest absolute Gasteiger partial charge is 0.368 e. The van der Waals surface area contributed by atoms with Gasteiger partial charge in [0.25, 0.3) is 5.91 Å². The number of carbonyl (C=O) groups is 1. The molecule has 1 aliphatic heterocycles. The van der Waals surface area contributed by atoms with Crippen LogP contribution in [-0.2, 0) is 0 Å². The van der Waals surface area contributed by atoms with Gasteiger partial charge >= 0.3 is 0 Å². The molecule has 0 radical (unpaired) electrons. The average Bonchev–Trinajstić information content (AvgIpc) is 2.77. The van der Waals surface area contributed by atoms with E-state index in [1.807, 2.05) is 50.2 Å². The Bertz CT molecular complexity index is 999. The molecule has 3 aromatic rings. The number of aromatic nitrogens is 3. The van der Waals surface area contributed by atoms with E-state index in [0.29, 0.717) is 5.69 Å². The van der Waals surface area contributed by atoms with Crippen molar-refractivity contribution in [3.8, 4) is 0 Å². The number of hydrogen-bond acceptors (Lipinski definition) is 6. The molecule has 0 aliphatic carbocycles. The molecule has 0 unspecified atom stereocenters. The van der Waals surface area contributed by atoms with Crippen LogP contribution in [0.5, 0.6) is 0 Å². The Hall–Kier alpha value is -3.48. The zero-order valence-electron chi connectivity index (χ0n) is 16.7. The zero-order chi connectivity index (χ0) is 20.2. The minimum Gasteiger partial charge on any atom is -0.368 e. The van der Waals surface area contributed by atoms with E-state index in [-0.39, 0.29) is 5.91 Å². The van der Waals surface area contributed by atoms with Gasteiger partial charge in [0.1, 0.15) is 5.69 Å². The predicted molar refractivity (Wildman–Crippen MR) is 115 cm³/mol. The molecule has 3 heterocycles. The predicted octanol–water partition coefficient (Wildman–Crippen LogP) is 3.07. The Kier molecular flexibility index (Phi) is 5.37. The Labute approximate surface area is 170 Å². The van der Waals surface area contributed by atoms with E-state index < -0.39 is 0 Å². The van der Waals surface area contributed by atoms with Crippen LogP contribution in [0, 0.1) is 13.8 Å². The number of nitrogens with zero attached hydrogens (tertiary/aromatic N) is 5. The quantitative estimate of drug-likeness (QED) is 0.740. The van der Waals surface area contributed by atoms with Gasteiger partial charge < -0.3 is 15.1 Å². The Morgan fingerprint density at radius 1 is 0.897 bits per heavy atom. The third-order valence-corrected chi connectivity index (χ3v) is 5.10. The summed E-state index contributed by atoms with van der Waals surface area (Å²) in [6, 6.07) is 11.6. The molecule has 0 spiro atoms. The number of benzene rings is 1. The number of anilines is 3. The lowest BCUT2D eigenvalue weighted by Crippen LogP contribution is -2.47. The molecule has 0 saturated carbocycles. The van der Waals surface area contributed by atoms with E-state index >= 15 is 0 Å². The van der Waals surface area contributed by atoms with E-state index in [2.05, 4.69) is 30.1 Å². The summed E-state index contributed by atoms with van der Waals surface area (Å²) in [6.45, 7) is 7.32. The molecule has 2 aromatic heterocycles. The number of piperazine rings is 1. The first-order chi connectivity index (χ1) is 14.1. The van der Waals surface area contributed by atoms with Crippen LogP contribution in [-0.4, -0.2) is 47.0 Å². The van der Waals surface area contributed by atoms with E-state index in [1.54, 1.807) is 18.6 Å². The van der Waals surface area contributed by atoms with Gasteiger partial charge in [-0.15, -0.1) is 0 Å². The van der Waals surface area contributed by atoms with Crippen LogP contribution in [0.2, 0.25) is 0 Å². The van der Waals surface area contributed by atoms with Gasteiger partial charge in [-0.2, -0.15) is 0 Å². The molecule has 4 rings (SSSR count). The highest BCUT2D eigenvalue weighted by atomic mass is 16.1. The van der Waals surface area contributed by atoms with Crippen molar-refractivity contribution < 1.29 is 4.79 Å². The van der Waals surface area contributed by atoms with Crippen molar-refractivity contribution >= 4 is 23.2 Å².